The summed E-state index contributed by atoms with van der Waals surface area (Å²) in [4.78, 5) is 23.6. The van der Waals surface area contributed by atoms with Gasteiger partial charge in [0.05, 0.1) is 31.0 Å². The number of nitrogens with one attached hydrogen (secondary N) is 1. The predicted octanol–water partition coefficient (Wildman–Crippen LogP) is 1.86. The number of hydrogen-bond acceptors (Lipinski definition) is 6. The van der Waals surface area contributed by atoms with Gasteiger partial charge in [-0.15, -0.1) is 6.58 Å². The first-order valence-electron chi connectivity index (χ1n) is 8.32. The topological polar surface area (TPSA) is 67.4 Å². The molecule has 1 aliphatic heterocycles. The van der Waals surface area contributed by atoms with Crippen LogP contribution in [-0.4, -0.2) is 59.4 Å². The highest BCUT2D eigenvalue weighted by Crippen LogP contribution is 2.25. The second kappa shape index (κ2) is 8.94. The summed E-state index contributed by atoms with van der Waals surface area (Å²) in [7, 11) is 0. The summed E-state index contributed by atoms with van der Waals surface area (Å²) in [6.07, 6.45) is 1.67. The lowest BCUT2D eigenvalue weighted by Crippen LogP contribution is -2.36. The van der Waals surface area contributed by atoms with Gasteiger partial charge in [0.1, 0.15) is 10.9 Å². The van der Waals surface area contributed by atoms with Crippen LogP contribution in [-0.2, 0) is 16.1 Å². The van der Waals surface area contributed by atoms with Crippen LogP contribution in [0, 0.1) is 0 Å². The summed E-state index contributed by atoms with van der Waals surface area (Å²) in [5, 5.41) is 4.62. The molecule has 1 saturated heterocycles. The van der Waals surface area contributed by atoms with Crippen molar-refractivity contribution in [3.63, 3.8) is 0 Å². The Kier molecular flexibility index (Phi) is 6.38. The Hall–Kier alpha value is -1.96. The Morgan fingerprint density at radius 1 is 1.32 bits per heavy atom. The normalized spacial score (nSPS) is 15.2. The molecule has 0 bridgehead atoms. The lowest BCUT2D eigenvalue weighted by atomic mass is 10.2. The highest BCUT2D eigenvalue weighted by molar-refractivity contribution is 8.00. The smallest absolute Gasteiger partial charge is 0.230 e. The molecule has 1 fully saturated rings. The summed E-state index contributed by atoms with van der Waals surface area (Å²) in [6, 6.07) is 7.92. The Balaban J connectivity index is 1.77. The minimum absolute atomic E-state index is 0.0256. The fraction of sp³-hybridized carbons (Fsp3) is 0.389. The number of hydrogen-bond donors (Lipinski definition) is 1. The van der Waals surface area contributed by atoms with Crippen molar-refractivity contribution in [2.24, 2.45) is 0 Å². The number of rotatable bonds is 7. The zero-order chi connectivity index (χ0) is 17.5. The van der Waals surface area contributed by atoms with Gasteiger partial charge in [-0.2, -0.15) is 0 Å². The molecule has 2 heterocycles. The largest absolute Gasteiger partial charge is 0.379 e. The molecule has 25 heavy (non-hydrogen) atoms. The van der Waals surface area contributed by atoms with Gasteiger partial charge in [0.15, 0.2) is 0 Å². The van der Waals surface area contributed by atoms with Gasteiger partial charge in [0.2, 0.25) is 5.91 Å². The van der Waals surface area contributed by atoms with E-state index in [1.54, 1.807) is 6.08 Å². The van der Waals surface area contributed by atoms with Gasteiger partial charge in [-0.1, -0.05) is 36.0 Å². The van der Waals surface area contributed by atoms with Crippen molar-refractivity contribution in [1.82, 2.24) is 20.2 Å². The average Bonchev–Trinajstić information content (AvgIpc) is 2.65. The van der Waals surface area contributed by atoms with Crippen LogP contribution >= 0.6 is 11.8 Å². The second-order valence-electron chi connectivity index (χ2n) is 5.73. The number of aromatic nitrogens is 2. The highest BCUT2D eigenvalue weighted by Gasteiger charge is 2.15. The molecule has 0 unspecified atom stereocenters. The van der Waals surface area contributed by atoms with E-state index in [1.807, 2.05) is 24.3 Å². The fourth-order valence-corrected chi connectivity index (χ4v) is 3.47. The molecule has 2 aromatic rings. The number of ether oxygens (including phenoxy) is 1. The molecule has 0 saturated carbocycles. The molecule has 1 amide bonds. The van der Waals surface area contributed by atoms with E-state index in [0.717, 1.165) is 48.1 Å². The molecule has 7 heteroatoms. The van der Waals surface area contributed by atoms with Crippen molar-refractivity contribution >= 4 is 28.6 Å². The summed E-state index contributed by atoms with van der Waals surface area (Å²) in [6.45, 7) is 8.06. The van der Waals surface area contributed by atoms with Gasteiger partial charge < -0.3 is 10.1 Å². The lowest BCUT2D eigenvalue weighted by Gasteiger charge is -2.25. The molecule has 0 spiro atoms. The van der Waals surface area contributed by atoms with Crippen LogP contribution in [0.4, 0.5) is 0 Å². The molecule has 1 aromatic carbocycles. The van der Waals surface area contributed by atoms with E-state index in [9.17, 15) is 4.79 Å². The van der Waals surface area contributed by atoms with Crippen molar-refractivity contribution in [1.29, 1.82) is 0 Å². The van der Waals surface area contributed by atoms with Crippen LogP contribution in [0.15, 0.2) is 41.9 Å². The first-order valence-corrected chi connectivity index (χ1v) is 9.31. The minimum atomic E-state index is -0.0256. The summed E-state index contributed by atoms with van der Waals surface area (Å²) >= 11 is 1.44. The van der Waals surface area contributed by atoms with Crippen molar-refractivity contribution in [3.05, 3.63) is 42.7 Å². The molecule has 132 valence electrons. The third kappa shape index (κ3) is 5.01. The van der Waals surface area contributed by atoms with Crippen molar-refractivity contribution < 1.29 is 9.53 Å². The van der Waals surface area contributed by atoms with Crippen LogP contribution in [0.25, 0.3) is 10.9 Å². The van der Waals surface area contributed by atoms with Crippen LogP contribution < -0.4 is 5.32 Å². The van der Waals surface area contributed by atoms with E-state index >= 15 is 0 Å². The molecule has 0 radical (unpaired) electrons. The third-order valence-electron chi connectivity index (χ3n) is 3.87. The number of morpholine rings is 1. The number of thioether (sulfide) groups is 1. The maximum absolute atomic E-state index is 11.9. The Labute approximate surface area is 151 Å². The molecule has 0 aliphatic carbocycles. The first-order chi connectivity index (χ1) is 12.3. The van der Waals surface area contributed by atoms with E-state index in [1.165, 1.54) is 11.8 Å². The van der Waals surface area contributed by atoms with E-state index in [-0.39, 0.29) is 5.91 Å². The lowest BCUT2D eigenvalue weighted by molar-refractivity contribution is -0.118. The molecule has 0 atom stereocenters. The maximum Gasteiger partial charge on any atom is 0.230 e. The SMILES string of the molecule is C=CCNC(=O)CSc1nc(CN2CCOCC2)nc2ccccc12. The van der Waals surface area contributed by atoms with E-state index < -0.39 is 0 Å². The number of carbonyl (C=O) groups excluding carboxylic acids is 1. The molecular weight excluding hydrogens is 336 g/mol. The molecule has 1 aromatic heterocycles. The number of fused-ring (bicyclic) bond motifs is 1. The number of carbonyl (C=O) groups is 1. The quantitative estimate of drug-likeness (QED) is 0.463. The zero-order valence-electron chi connectivity index (χ0n) is 14.1. The molecule has 1 N–H and O–H groups in total. The van der Waals surface area contributed by atoms with Crippen LogP contribution in [0.5, 0.6) is 0 Å². The second-order valence-corrected chi connectivity index (χ2v) is 6.70. The van der Waals surface area contributed by atoms with Crippen LogP contribution in [0.2, 0.25) is 0 Å². The number of para-hydroxylation sites is 1. The zero-order valence-corrected chi connectivity index (χ0v) is 14.9. The van der Waals surface area contributed by atoms with Crippen molar-refractivity contribution in [3.8, 4) is 0 Å². The van der Waals surface area contributed by atoms with Gasteiger partial charge in [-0.3, -0.25) is 9.69 Å². The van der Waals surface area contributed by atoms with E-state index in [2.05, 4.69) is 21.8 Å². The third-order valence-corrected chi connectivity index (χ3v) is 4.86. The van der Waals surface area contributed by atoms with Crippen molar-refractivity contribution in [2.45, 2.75) is 11.6 Å². The van der Waals surface area contributed by atoms with Gasteiger partial charge in [0, 0.05) is 25.0 Å². The number of amides is 1. The average molecular weight is 358 g/mol. The Morgan fingerprint density at radius 2 is 2.12 bits per heavy atom. The highest BCUT2D eigenvalue weighted by atomic mass is 32.2. The van der Waals surface area contributed by atoms with Gasteiger partial charge >= 0.3 is 0 Å². The Bertz CT molecular complexity index is 747. The fourth-order valence-electron chi connectivity index (χ4n) is 2.60. The summed E-state index contributed by atoms with van der Waals surface area (Å²) < 4.78 is 5.39. The molecular formula is C18H22N4O2S. The van der Waals surface area contributed by atoms with Crippen LogP contribution in [0.1, 0.15) is 5.82 Å². The molecule has 3 rings (SSSR count). The molecule has 1 aliphatic rings. The number of nitrogens with zero attached hydrogens (tertiary/aromatic N) is 3. The standard InChI is InChI=1S/C18H22N4O2S/c1-2-7-19-17(23)13-25-18-14-5-3-4-6-15(14)20-16(21-18)12-22-8-10-24-11-9-22/h2-6H,1,7-13H2,(H,19,23). The summed E-state index contributed by atoms with van der Waals surface area (Å²) in [5.41, 5.74) is 0.912. The number of benzene rings is 1. The minimum Gasteiger partial charge on any atom is -0.379 e. The van der Waals surface area contributed by atoms with Gasteiger partial charge in [0.25, 0.3) is 0 Å². The first kappa shape index (κ1) is 17.8. The Morgan fingerprint density at radius 3 is 2.92 bits per heavy atom. The van der Waals surface area contributed by atoms with Crippen molar-refractivity contribution in [2.75, 3.05) is 38.6 Å². The van der Waals surface area contributed by atoms with Gasteiger partial charge in [-0.25, -0.2) is 9.97 Å². The van der Waals surface area contributed by atoms with E-state index in [4.69, 9.17) is 9.72 Å². The maximum atomic E-state index is 11.9. The molecule has 6 nitrogen and oxygen atoms in total. The van der Waals surface area contributed by atoms with Crippen LogP contribution in [0.3, 0.4) is 0 Å². The van der Waals surface area contributed by atoms with Gasteiger partial charge in [-0.05, 0) is 6.07 Å². The monoisotopic (exact) mass is 358 g/mol. The van der Waals surface area contributed by atoms with E-state index in [0.29, 0.717) is 18.8 Å². The summed E-state index contributed by atoms with van der Waals surface area (Å²) in [5.74, 6) is 1.09. The predicted molar refractivity (Wildman–Crippen MR) is 99.6 cm³/mol.